The molecular weight excluding hydrogens is 368 g/mol. The van der Waals surface area contributed by atoms with Gasteiger partial charge < -0.3 is 15.1 Å². The second kappa shape index (κ2) is 8.77. The molecule has 29 heavy (non-hydrogen) atoms. The molecule has 7 nitrogen and oxygen atoms in total. The van der Waals surface area contributed by atoms with Gasteiger partial charge in [0.15, 0.2) is 5.76 Å². The summed E-state index contributed by atoms with van der Waals surface area (Å²) < 4.78 is 7.07. The third-order valence-electron chi connectivity index (χ3n) is 5.16. The van der Waals surface area contributed by atoms with Crippen molar-refractivity contribution in [3.8, 4) is 0 Å². The molecule has 7 heteroatoms. The molecule has 0 spiro atoms. The highest BCUT2D eigenvalue weighted by Gasteiger charge is 2.25. The maximum Gasteiger partial charge on any atom is 0.286 e. The number of hydrogen-bond donors (Lipinski definition) is 2. The molecule has 4 rings (SSSR count). The number of rotatable bonds is 7. The largest absolute Gasteiger partial charge is 0.459 e. The second-order valence-electron chi connectivity index (χ2n) is 7.19. The SMILES string of the molecule is O=C(CCNC(=O)c1ccco1)NC1CCCc2c1cnn2Cc1ccccc1. The number of aromatic nitrogens is 2. The third kappa shape index (κ3) is 4.56. The van der Waals surface area contributed by atoms with Gasteiger partial charge in [0.05, 0.1) is 25.0 Å². The van der Waals surface area contributed by atoms with Crippen molar-refractivity contribution in [2.24, 2.45) is 0 Å². The molecule has 0 fully saturated rings. The Balaban J connectivity index is 1.32. The van der Waals surface area contributed by atoms with E-state index in [1.54, 1.807) is 12.1 Å². The zero-order valence-corrected chi connectivity index (χ0v) is 16.1. The second-order valence-corrected chi connectivity index (χ2v) is 7.19. The Morgan fingerprint density at radius 1 is 1.17 bits per heavy atom. The van der Waals surface area contributed by atoms with E-state index in [0.717, 1.165) is 31.4 Å². The lowest BCUT2D eigenvalue weighted by Crippen LogP contribution is -2.34. The zero-order valence-electron chi connectivity index (χ0n) is 16.1. The van der Waals surface area contributed by atoms with E-state index in [2.05, 4.69) is 27.9 Å². The molecule has 2 amide bonds. The highest BCUT2D eigenvalue weighted by atomic mass is 16.3. The van der Waals surface area contributed by atoms with Crippen LogP contribution in [0.1, 0.15) is 52.7 Å². The summed E-state index contributed by atoms with van der Waals surface area (Å²) in [5, 5.41) is 10.3. The van der Waals surface area contributed by atoms with Crippen LogP contribution in [0.2, 0.25) is 0 Å². The van der Waals surface area contributed by atoms with Gasteiger partial charge >= 0.3 is 0 Å². The first kappa shape index (κ1) is 19.0. The Labute approximate surface area is 169 Å². The Morgan fingerprint density at radius 3 is 2.83 bits per heavy atom. The normalized spacial score (nSPS) is 15.5. The summed E-state index contributed by atoms with van der Waals surface area (Å²) in [7, 11) is 0. The lowest BCUT2D eigenvalue weighted by molar-refractivity contribution is -0.121. The van der Waals surface area contributed by atoms with Gasteiger partial charge in [0.25, 0.3) is 5.91 Å². The van der Waals surface area contributed by atoms with Crippen molar-refractivity contribution in [1.29, 1.82) is 0 Å². The van der Waals surface area contributed by atoms with Gasteiger partial charge in [0.1, 0.15) is 0 Å². The zero-order chi connectivity index (χ0) is 20.1. The summed E-state index contributed by atoms with van der Waals surface area (Å²) in [4.78, 5) is 24.2. The van der Waals surface area contributed by atoms with E-state index in [-0.39, 0.29) is 36.6 Å². The van der Waals surface area contributed by atoms with Crippen LogP contribution >= 0.6 is 0 Å². The van der Waals surface area contributed by atoms with E-state index in [9.17, 15) is 9.59 Å². The molecule has 2 N–H and O–H groups in total. The summed E-state index contributed by atoms with van der Waals surface area (Å²) in [5.41, 5.74) is 3.49. The van der Waals surface area contributed by atoms with Crippen LogP contribution in [-0.2, 0) is 17.8 Å². The van der Waals surface area contributed by atoms with Gasteiger partial charge in [-0.3, -0.25) is 14.3 Å². The highest BCUT2D eigenvalue weighted by Crippen LogP contribution is 2.30. The summed E-state index contributed by atoms with van der Waals surface area (Å²) in [6.45, 7) is 0.994. The van der Waals surface area contributed by atoms with Crippen LogP contribution in [0.25, 0.3) is 0 Å². The van der Waals surface area contributed by atoms with Gasteiger partial charge in [-0.25, -0.2) is 0 Å². The van der Waals surface area contributed by atoms with Crippen LogP contribution in [0.15, 0.2) is 59.3 Å². The maximum atomic E-state index is 12.4. The minimum Gasteiger partial charge on any atom is -0.459 e. The van der Waals surface area contributed by atoms with Crippen LogP contribution in [0, 0.1) is 0 Å². The fourth-order valence-corrected chi connectivity index (χ4v) is 3.71. The average Bonchev–Trinajstić information content (AvgIpc) is 3.40. The Hall–Kier alpha value is -3.35. The first-order valence-electron chi connectivity index (χ1n) is 9.90. The topological polar surface area (TPSA) is 89.2 Å². The predicted molar refractivity (Wildman–Crippen MR) is 107 cm³/mol. The van der Waals surface area contributed by atoms with Crippen molar-refractivity contribution in [1.82, 2.24) is 20.4 Å². The number of furan rings is 1. The molecule has 1 aliphatic carbocycles. The minimum atomic E-state index is -0.315. The van der Waals surface area contributed by atoms with E-state index in [4.69, 9.17) is 4.42 Å². The molecule has 0 aliphatic heterocycles. The number of nitrogens with zero attached hydrogens (tertiary/aromatic N) is 2. The highest BCUT2D eigenvalue weighted by molar-refractivity contribution is 5.91. The predicted octanol–water partition coefficient (Wildman–Crippen LogP) is 2.84. The monoisotopic (exact) mass is 392 g/mol. The number of carbonyl (C=O) groups is 2. The van der Waals surface area contributed by atoms with Crippen LogP contribution in [0.3, 0.4) is 0 Å². The number of nitrogens with one attached hydrogen (secondary N) is 2. The molecule has 0 saturated heterocycles. The molecule has 3 aromatic rings. The van der Waals surface area contributed by atoms with Crippen molar-refractivity contribution in [3.05, 3.63) is 77.5 Å². The van der Waals surface area contributed by atoms with E-state index in [1.807, 2.05) is 29.1 Å². The summed E-state index contributed by atoms with van der Waals surface area (Å²) in [6.07, 6.45) is 6.41. The molecule has 1 unspecified atom stereocenters. The molecule has 2 heterocycles. The van der Waals surface area contributed by atoms with Crippen LogP contribution in [-0.4, -0.2) is 28.1 Å². The number of amides is 2. The summed E-state index contributed by atoms with van der Waals surface area (Å²) in [6, 6.07) is 13.5. The van der Waals surface area contributed by atoms with Gasteiger partial charge in [0.2, 0.25) is 5.91 Å². The fraction of sp³-hybridized carbons (Fsp3) is 0.318. The molecule has 0 radical (unpaired) electrons. The Kier molecular flexibility index (Phi) is 5.74. The van der Waals surface area contributed by atoms with Crippen molar-refractivity contribution in [2.75, 3.05) is 6.54 Å². The molecule has 0 saturated carbocycles. The van der Waals surface area contributed by atoms with Crippen molar-refractivity contribution < 1.29 is 14.0 Å². The molecule has 150 valence electrons. The molecule has 1 aliphatic rings. The fourth-order valence-electron chi connectivity index (χ4n) is 3.71. The van der Waals surface area contributed by atoms with Gasteiger partial charge in [-0.15, -0.1) is 0 Å². The quantitative estimate of drug-likeness (QED) is 0.647. The van der Waals surface area contributed by atoms with Crippen LogP contribution in [0.5, 0.6) is 0 Å². The molecule has 0 bridgehead atoms. The molecule has 1 atom stereocenters. The smallest absolute Gasteiger partial charge is 0.286 e. The van der Waals surface area contributed by atoms with E-state index in [0.29, 0.717) is 0 Å². The lowest BCUT2D eigenvalue weighted by atomic mass is 9.92. The van der Waals surface area contributed by atoms with Gasteiger partial charge in [-0.05, 0) is 37.0 Å². The average molecular weight is 392 g/mol. The Morgan fingerprint density at radius 2 is 2.03 bits per heavy atom. The molecule has 1 aromatic carbocycles. The number of benzene rings is 1. The summed E-state index contributed by atoms with van der Waals surface area (Å²) in [5.74, 6) is -0.156. The first-order chi connectivity index (χ1) is 14.2. The van der Waals surface area contributed by atoms with Crippen molar-refractivity contribution >= 4 is 11.8 Å². The maximum absolute atomic E-state index is 12.4. The van der Waals surface area contributed by atoms with Crippen molar-refractivity contribution in [2.45, 2.75) is 38.3 Å². The molecular formula is C22H24N4O3. The summed E-state index contributed by atoms with van der Waals surface area (Å²) >= 11 is 0. The van der Waals surface area contributed by atoms with E-state index >= 15 is 0 Å². The lowest BCUT2D eigenvalue weighted by Gasteiger charge is -2.24. The Bertz CT molecular complexity index is 963. The number of hydrogen-bond acceptors (Lipinski definition) is 4. The third-order valence-corrected chi connectivity index (χ3v) is 5.16. The van der Waals surface area contributed by atoms with Gasteiger partial charge in [-0.1, -0.05) is 30.3 Å². The number of carbonyl (C=O) groups excluding carboxylic acids is 2. The number of fused-ring (bicyclic) bond motifs is 1. The first-order valence-corrected chi connectivity index (χ1v) is 9.90. The molecule has 2 aromatic heterocycles. The van der Waals surface area contributed by atoms with E-state index in [1.165, 1.54) is 17.5 Å². The van der Waals surface area contributed by atoms with Gasteiger partial charge in [-0.2, -0.15) is 5.10 Å². The standard InChI is InChI=1S/C22H24N4O3/c27-21(11-12-23-22(28)20-10-5-13-29-20)25-18-8-4-9-19-17(18)14-24-26(19)15-16-6-2-1-3-7-16/h1-3,5-7,10,13-14,18H,4,8-9,11-12,15H2,(H,23,28)(H,25,27). The van der Waals surface area contributed by atoms with Crippen LogP contribution in [0.4, 0.5) is 0 Å². The van der Waals surface area contributed by atoms with E-state index < -0.39 is 0 Å². The van der Waals surface area contributed by atoms with Gasteiger partial charge in [0, 0.05) is 24.2 Å². The van der Waals surface area contributed by atoms with Crippen LogP contribution < -0.4 is 10.6 Å². The minimum absolute atomic E-state index is 0.0310. The van der Waals surface area contributed by atoms with Crippen molar-refractivity contribution in [3.63, 3.8) is 0 Å².